The maximum absolute atomic E-state index is 12.6. The number of sulfonamides is 1. The Labute approximate surface area is 185 Å². The lowest BCUT2D eigenvalue weighted by Crippen LogP contribution is -2.40. The zero-order valence-electron chi connectivity index (χ0n) is 19.0. The van der Waals surface area contributed by atoms with Crippen LogP contribution in [0.5, 0.6) is 11.5 Å². The van der Waals surface area contributed by atoms with Crippen molar-refractivity contribution in [1.82, 2.24) is 10.0 Å². The van der Waals surface area contributed by atoms with E-state index in [1.54, 1.807) is 27.9 Å². The summed E-state index contributed by atoms with van der Waals surface area (Å²) in [7, 11) is -2.08. The summed E-state index contributed by atoms with van der Waals surface area (Å²) < 4.78 is 38.5. The summed E-state index contributed by atoms with van der Waals surface area (Å²) >= 11 is 0. The van der Waals surface area contributed by atoms with Crippen LogP contribution in [0, 0.1) is 0 Å². The molecule has 2 rings (SSSR count). The zero-order valence-corrected chi connectivity index (χ0v) is 19.8. The van der Waals surface area contributed by atoms with Crippen molar-refractivity contribution in [3.63, 3.8) is 0 Å². The van der Waals surface area contributed by atoms with E-state index in [0.717, 1.165) is 12.0 Å². The van der Waals surface area contributed by atoms with Crippen LogP contribution in [-0.4, -0.2) is 33.6 Å². The molecule has 2 aromatic carbocycles. The lowest BCUT2D eigenvalue weighted by Gasteiger charge is -2.20. The Hall–Kier alpha value is -2.58. The lowest BCUT2D eigenvalue weighted by molar-refractivity contribution is 0.0939. The highest BCUT2D eigenvalue weighted by Gasteiger charge is 2.22. The van der Waals surface area contributed by atoms with Gasteiger partial charge < -0.3 is 14.8 Å². The SMILES string of the molecule is CCCOc1ccc(C(C)NC(=O)c2ccc(S(=O)(=O)NC(C)(C)C)cc2)cc1OC. The second kappa shape index (κ2) is 10.2. The Morgan fingerprint density at radius 3 is 2.26 bits per heavy atom. The maximum Gasteiger partial charge on any atom is 0.251 e. The molecule has 7 nitrogen and oxygen atoms in total. The van der Waals surface area contributed by atoms with Crippen molar-refractivity contribution in [3.05, 3.63) is 53.6 Å². The molecule has 0 bridgehead atoms. The van der Waals surface area contributed by atoms with Crippen molar-refractivity contribution in [2.24, 2.45) is 0 Å². The van der Waals surface area contributed by atoms with Gasteiger partial charge in [-0.05, 0) is 76.1 Å². The summed E-state index contributed by atoms with van der Waals surface area (Å²) in [6, 6.07) is 11.1. The predicted octanol–water partition coefficient (Wildman–Crippen LogP) is 4.05. The Bertz CT molecular complexity index is 996. The van der Waals surface area contributed by atoms with Gasteiger partial charge >= 0.3 is 0 Å². The van der Waals surface area contributed by atoms with E-state index in [2.05, 4.69) is 10.0 Å². The van der Waals surface area contributed by atoms with Gasteiger partial charge in [0.15, 0.2) is 11.5 Å². The molecule has 0 saturated heterocycles. The van der Waals surface area contributed by atoms with E-state index in [4.69, 9.17) is 9.47 Å². The summed E-state index contributed by atoms with van der Waals surface area (Å²) in [6.45, 7) is 9.80. The second-order valence-corrected chi connectivity index (χ2v) is 10.0. The van der Waals surface area contributed by atoms with Gasteiger partial charge in [-0.3, -0.25) is 4.79 Å². The Morgan fingerprint density at radius 1 is 1.06 bits per heavy atom. The molecule has 0 saturated carbocycles. The highest BCUT2D eigenvalue weighted by molar-refractivity contribution is 7.89. The molecule has 0 radical (unpaired) electrons. The summed E-state index contributed by atoms with van der Waals surface area (Å²) in [4.78, 5) is 12.8. The minimum absolute atomic E-state index is 0.111. The summed E-state index contributed by atoms with van der Waals surface area (Å²) in [5.74, 6) is 0.964. The molecule has 0 aliphatic rings. The number of ether oxygens (including phenoxy) is 2. The molecule has 0 heterocycles. The molecule has 0 fully saturated rings. The normalized spacial score (nSPS) is 12.8. The third-order valence-corrected chi connectivity index (χ3v) is 6.14. The van der Waals surface area contributed by atoms with Gasteiger partial charge in [-0.25, -0.2) is 13.1 Å². The van der Waals surface area contributed by atoms with Crippen LogP contribution in [0.15, 0.2) is 47.4 Å². The number of hydrogen-bond donors (Lipinski definition) is 2. The van der Waals surface area contributed by atoms with Crippen molar-refractivity contribution in [3.8, 4) is 11.5 Å². The van der Waals surface area contributed by atoms with E-state index in [-0.39, 0.29) is 16.8 Å². The molecular weight excluding hydrogens is 416 g/mol. The fourth-order valence-corrected chi connectivity index (χ4v) is 4.31. The lowest BCUT2D eigenvalue weighted by atomic mass is 10.1. The average Bonchev–Trinajstić information content (AvgIpc) is 2.70. The van der Waals surface area contributed by atoms with Crippen molar-refractivity contribution in [2.45, 2.75) is 57.5 Å². The van der Waals surface area contributed by atoms with Crippen molar-refractivity contribution >= 4 is 15.9 Å². The fourth-order valence-electron chi connectivity index (χ4n) is 2.90. The van der Waals surface area contributed by atoms with Crippen LogP contribution in [0.1, 0.15) is 63.0 Å². The molecule has 0 aliphatic heterocycles. The molecule has 2 aromatic rings. The van der Waals surface area contributed by atoms with Gasteiger partial charge in [0, 0.05) is 11.1 Å². The molecule has 170 valence electrons. The predicted molar refractivity (Wildman–Crippen MR) is 121 cm³/mol. The summed E-state index contributed by atoms with van der Waals surface area (Å²) in [5.41, 5.74) is 0.640. The fraction of sp³-hybridized carbons (Fsp3) is 0.435. The molecule has 8 heteroatoms. The van der Waals surface area contributed by atoms with Crippen LogP contribution in [0.3, 0.4) is 0 Å². The first-order chi connectivity index (χ1) is 14.5. The highest BCUT2D eigenvalue weighted by Crippen LogP contribution is 2.30. The largest absolute Gasteiger partial charge is 0.493 e. The number of amides is 1. The monoisotopic (exact) mass is 448 g/mol. The average molecular weight is 449 g/mol. The Kier molecular flexibility index (Phi) is 8.08. The number of carbonyl (C=O) groups is 1. The van der Waals surface area contributed by atoms with Crippen LogP contribution in [0.25, 0.3) is 0 Å². The van der Waals surface area contributed by atoms with E-state index in [9.17, 15) is 13.2 Å². The minimum Gasteiger partial charge on any atom is -0.493 e. The quantitative estimate of drug-likeness (QED) is 0.604. The summed E-state index contributed by atoms with van der Waals surface area (Å²) in [6.07, 6.45) is 0.893. The second-order valence-electron chi connectivity index (χ2n) is 8.33. The van der Waals surface area contributed by atoms with Gasteiger partial charge in [-0.1, -0.05) is 13.0 Å². The van der Waals surface area contributed by atoms with Crippen LogP contribution >= 0.6 is 0 Å². The first kappa shape index (κ1) is 24.7. The molecule has 31 heavy (non-hydrogen) atoms. The van der Waals surface area contributed by atoms with E-state index in [1.165, 1.54) is 24.3 Å². The number of rotatable bonds is 9. The van der Waals surface area contributed by atoms with Crippen molar-refractivity contribution < 1.29 is 22.7 Å². The van der Waals surface area contributed by atoms with Gasteiger partial charge in [0.1, 0.15) is 0 Å². The molecule has 2 N–H and O–H groups in total. The van der Waals surface area contributed by atoms with Crippen LogP contribution in [0.2, 0.25) is 0 Å². The highest BCUT2D eigenvalue weighted by atomic mass is 32.2. The van der Waals surface area contributed by atoms with Gasteiger partial charge in [0.25, 0.3) is 5.91 Å². The first-order valence-electron chi connectivity index (χ1n) is 10.2. The van der Waals surface area contributed by atoms with Crippen LogP contribution < -0.4 is 19.5 Å². The third kappa shape index (κ3) is 6.97. The van der Waals surface area contributed by atoms with Crippen molar-refractivity contribution in [2.75, 3.05) is 13.7 Å². The number of nitrogens with one attached hydrogen (secondary N) is 2. The number of hydrogen-bond acceptors (Lipinski definition) is 5. The van der Waals surface area contributed by atoms with E-state index < -0.39 is 15.6 Å². The summed E-state index contributed by atoms with van der Waals surface area (Å²) in [5, 5.41) is 2.92. The molecule has 0 aliphatic carbocycles. The van der Waals surface area contributed by atoms with Gasteiger partial charge in [-0.15, -0.1) is 0 Å². The number of benzene rings is 2. The van der Waals surface area contributed by atoms with Gasteiger partial charge in [0.05, 0.1) is 24.7 Å². The zero-order chi connectivity index (χ0) is 23.2. The maximum atomic E-state index is 12.6. The molecule has 1 unspecified atom stereocenters. The van der Waals surface area contributed by atoms with Crippen LogP contribution in [-0.2, 0) is 10.0 Å². The smallest absolute Gasteiger partial charge is 0.251 e. The standard InChI is InChI=1S/C23H32N2O5S/c1-7-14-30-20-13-10-18(15-21(20)29-6)16(2)24-22(26)17-8-11-19(12-9-17)31(27,28)25-23(3,4)5/h8-13,15-16,25H,7,14H2,1-6H3,(H,24,26). The first-order valence-corrected chi connectivity index (χ1v) is 11.7. The molecular formula is C23H32N2O5S. The number of methoxy groups -OCH3 is 1. The number of carbonyl (C=O) groups excluding carboxylic acids is 1. The Balaban J connectivity index is 2.11. The molecule has 0 spiro atoms. The minimum atomic E-state index is -3.65. The molecule has 0 aromatic heterocycles. The molecule has 1 atom stereocenters. The van der Waals surface area contributed by atoms with Gasteiger partial charge in [-0.2, -0.15) is 0 Å². The van der Waals surface area contributed by atoms with E-state index in [1.807, 2.05) is 32.0 Å². The van der Waals surface area contributed by atoms with Gasteiger partial charge in [0.2, 0.25) is 10.0 Å². The van der Waals surface area contributed by atoms with Crippen molar-refractivity contribution in [1.29, 1.82) is 0 Å². The van der Waals surface area contributed by atoms with E-state index in [0.29, 0.717) is 23.7 Å². The van der Waals surface area contributed by atoms with E-state index >= 15 is 0 Å². The third-order valence-electron chi connectivity index (χ3n) is 4.36. The topological polar surface area (TPSA) is 93.7 Å². The molecule has 1 amide bonds. The Morgan fingerprint density at radius 2 is 1.71 bits per heavy atom. The van der Waals surface area contributed by atoms with Crippen LogP contribution in [0.4, 0.5) is 0 Å².